The molecule has 7 atom stereocenters. The highest BCUT2D eigenvalue weighted by Crippen LogP contribution is 2.65. The summed E-state index contributed by atoms with van der Waals surface area (Å²) in [4.78, 5) is 37.0. The summed E-state index contributed by atoms with van der Waals surface area (Å²) in [6, 6.07) is -1.05. The average molecular weight is 261 g/mol. The number of imide groups is 1. The molecule has 0 radical (unpaired) electrons. The van der Waals surface area contributed by atoms with Crippen LogP contribution in [0.1, 0.15) is 13.3 Å². The zero-order valence-corrected chi connectivity index (χ0v) is 10.5. The van der Waals surface area contributed by atoms with Gasteiger partial charge in [0.25, 0.3) is 0 Å². The molecule has 0 aromatic rings. The summed E-state index contributed by atoms with van der Waals surface area (Å²) in [7, 11) is 0. The van der Waals surface area contributed by atoms with Gasteiger partial charge in [0, 0.05) is 0 Å². The molecule has 2 amide bonds. The summed E-state index contributed by atoms with van der Waals surface area (Å²) in [6.07, 6.45) is 5.28. The molecule has 0 unspecified atom stereocenters. The van der Waals surface area contributed by atoms with Crippen molar-refractivity contribution in [1.82, 2.24) is 4.90 Å². The number of amides is 2. The van der Waals surface area contributed by atoms with Crippen LogP contribution < -0.4 is 0 Å². The van der Waals surface area contributed by atoms with Crippen LogP contribution in [0.2, 0.25) is 0 Å². The summed E-state index contributed by atoms with van der Waals surface area (Å²) >= 11 is 0. The number of aliphatic carboxylic acids is 1. The van der Waals surface area contributed by atoms with E-state index in [2.05, 4.69) is 12.2 Å². The Bertz CT molecular complexity index is 504. The molecule has 1 aliphatic heterocycles. The number of carboxylic acids is 1. The lowest BCUT2D eigenvalue weighted by Gasteiger charge is -2.37. The summed E-state index contributed by atoms with van der Waals surface area (Å²) in [5.74, 6) is -0.845. The third-order valence-electron chi connectivity index (χ3n) is 5.44. The van der Waals surface area contributed by atoms with Crippen molar-refractivity contribution in [2.75, 3.05) is 0 Å². The number of rotatable bonds is 2. The van der Waals surface area contributed by atoms with Crippen molar-refractivity contribution < 1.29 is 19.5 Å². The molecule has 19 heavy (non-hydrogen) atoms. The monoisotopic (exact) mass is 261 g/mol. The van der Waals surface area contributed by atoms with Crippen LogP contribution in [0.4, 0.5) is 0 Å². The van der Waals surface area contributed by atoms with E-state index in [1.807, 2.05) is 0 Å². The molecule has 1 saturated heterocycles. The van der Waals surface area contributed by atoms with Crippen LogP contribution in [0.25, 0.3) is 0 Å². The predicted molar refractivity (Wildman–Crippen MR) is 63.6 cm³/mol. The van der Waals surface area contributed by atoms with Gasteiger partial charge in [0.15, 0.2) is 0 Å². The molecule has 5 aliphatic rings. The third kappa shape index (κ3) is 1.18. The fraction of sp³-hybridized carbons (Fsp3) is 0.643. The van der Waals surface area contributed by atoms with Crippen molar-refractivity contribution in [2.24, 2.45) is 35.5 Å². The summed E-state index contributed by atoms with van der Waals surface area (Å²) in [5, 5.41) is 9.06. The highest BCUT2D eigenvalue weighted by atomic mass is 16.4. The Labute approximate surface area is 110 Å². The normalized spacial score (nSPS) is 47.1. The molecule has 2 saturated carbocycles. The number of nitrogens with zero attached hydrogens (tertiary/aromatic N) is 1. The number of hydrogen-bond acceptors (Lipinski definition) is 3. The fourth-order valence-corrected chi connectivity index (χ4v) is 4.47. The van der Waals surface area contributed by atoms with Crippen LogP contribution >= 0.6 is 0 Å². The molecule has 1 N–H and O–H groups in total. The summed E-state index contributed by atoms with van der Waals surface area (Å²) in [6.45, 7) is 1.41. The van der Waals surface area contributed by atoms with Crippen molar-refractivity contribution in [2.45, 2.75) is 19.4 Å². The van der Waals surface area contributed by atoms with Gasteiger partial charge in [0.1, 0.15) is 6.04 Å². The topological polar surface area (TPSA) is 74.7 Å². The molecule has 0 aromatic heterocycles. The maximum atomic E-state index is 12.5. The molecule has 3 fully saturated rings. The van der Waals surface area contributed by atoms with Crippen molar-refractivity contribution in [1.29, 1.82) is 0 Å². The van der Waals surface area contributed by atoms with Gasteiger partial charge in [0.2, 0.25) is 11.8 Å². The van der Waals surface area contributed by atoms with Crippen LogP contribution in [0.15, 0.2) is 12.2 Å². The van der Waals surface area contributed by atoms with E-state index in [0.717, 1.165) is 11.3 Å². The summed E-state index contributed by atoms with van der Waals surface area (Å²) in [5.41, 5.74) is 0. The molecule has 100 valence electrons. The van der Waals surface area contributed by atoms with Gasteiger partial charge in [-0.2, -0.15) is 0 Å². The Morgan fingerprint density at radius 2 is 1.68 bits per heavy atom. The molecule has 5 nitrogen and oxygen atoms in total. The van der Waals surface area contributed by atoms with Gasteiger partial charge in [-0.25, -0.2) is 4.79 Å². The van der Waals surface area contributed by atoms with E-state index in [1.165, 1.54) is 6.92 Å². The lowest BCUT2D eigenvalue weighted by Crippen LogP contribution is -2.43. The molecule has 0 aromatic carbocycles. The lowest BCUT2D eigenvalue weighted by molar-refractivity contribution is -0.154. The minimum absolute atomic E-state index is 0.155. The van der Waals surface area contributed by atoms with E-state index >= 15 is 0 Å². The van der Waals surface area contributed by atoms with E-state index in [0.29, 0.717) is 11.8 Å². The van der Waals surface area contributed by atoms with Crippen molar-refractivity contribution >= 4 is 17.8 Å². The second-order valence-electron chi connectivity index (χ2n) is 6.22. The number of carbonyl (C=O) groups is 3. The van der Waals surface area contributed by atoms with Crippen LogP contribution in [-0.4, -0.2) is 33.8 Å². The number of likely N-dealkylation sites (tertiary alicyclic amines) is 1. The van der Waals surface area contributed by atoms with Crippen LogP contribution in [0.5, 0.6) is 0 Å². The Morgan fingerprint density at radius 1 is 1.21 bits per heavy atom. The first kappa shape index (κ1) is 11.2. The van der Waals surface area contributed by atoms with Gasteiger partial charge in [-0.3, -0.25) is 14.5 Å². The number of carbonyl (C=O) groups excluding carboxylic acids is 2. The number of carboxylic acid groups (broad SMARTS) is 1. The zero-order valence-electron chi connectivity index (χ0n) is 10.5. The Balaban J connectivity index is 1.74. The van der Waals surface area contributed by atoms with Crippen LogP contribution in [0.3, 0.4) is 0 Å². The van der Waals surface area contributed by atoms with E-state index in [4.69, 9.17) is 5.11 Å². The highest BCUT2D eigenvalue weighted by Gasteiger charge is 2.67. The Hall–Kier alpha value is -1.65. The fourth-order valence-electron chi connectivity index (χ4n) is 4.47. The molecular formula is C14H15NO4. The third-order valence-corrected chi connectivity index (χ3v) is 5.44. The van der Waals surface area contributed by atoms with E-state index in [1.54, 1.807) is 0 Å². The van der Waals surface area contributed by atoms with Gasteiger partial charge in [-0.05, 0) is 37.0 Å². The van der Waals surface area contributed by atoms with E-state index in [-0.39, 0.29) is 35.5 Å². The SMILES string of the molecule is C[C@H](C(=O)O)N1C(=O)[C@@H]2[C@H]3C=C[C@@H]([C@@H]4C[C@@H]34)[C@@H]2C1=O. The molecule has 0 spiro atoms. The second-order valence-corrected chi connectivity index (χ2v) is 6.22. The van der Waals surface area contributed by atoms with E-state index < -0.39 is 12.0 Å². The van der Waals surface area contributed by atoms with E-state index in [9.17, 15) is 14.4 Å². The molecule has 2 bridgehead atoms. The number of hydrogen-bond donors (Lipinski definition) is 1. The predicted octanol–water partition coefficient (Wildman–Crippen LogP) is 0.513. The van der Waals surface area contributed by atoms with Gasteiger partial charge in [-0.15, -0.1) is 0 Å². The van der Waals surface area contributed by atoms with Crippen molar-refractivity contribution in [3.63, 3.8) is 0 Å². The van der Waals surface area contributed by atoms with Crippen molar-refractivity contribution in [3.8, 4) is 0 Å². The van der Waals surface area contributed by atoms with Crippen molar-refractivity contribution in [3.05, 3.63) is 12.2 Å². The van der Waals surface area contributed by atoms with Gasteiger partial charge in [0.05, 0.1) is 11.8 Å². The lowest BCUT2D eigenvalue weighted by atomic mass is 9.63. The minimum atomic E-state index is -1.12. The quantitative estimate of drug-likeness (QED) is 0.580. The maximum Gasteiger partial charge on any atom is 0.326 e. The Morgan fingerprint density at radius 3 is 2.11 bits per heavy atom. The van der Waals surface area contributed by atoms with Crippen LogP contribution in [-0.2, 0) is 14.4 Å². The second kappa shape index (κ2) is 3.26. The molecule has 5 rings (SSSR count). The highest BCUT2D eigenvalue weighted by molar-refractivity contribution is 6.08. The minimum Gasteiger partial charge on any atom is -0.480 e. The van der Waals surface area contributed by atoms with Gasteiger partial charge >= 0.3 is 5.97 Å². The first-order chi connectivity index (χ1) is 9.02. The zero-order chi connectivity index (χ0) is 13.5. The smallest absolute Gasteiger partial charge is 0.326 e. The first-order valence-electron chi connectivity index (χ1n) is 6.80. The molecule has 1 heterocycles. The molecule has 5 heteroatoms. The largest absolute Gasteiger partial charge is 0.480 e. The van der Waals surface area contributed by atoms with Crippen LogP contribution in [0, 0.1) is 35.5 Å². The standard InChI is InChI=1S/C14H15NO4/c1-5(14(18)19)15-12(16)10-6-2-3-7(9-4-8(6)9)11(10)13(15)17/h2-3,5-11H,4H2,1H3,(H,18,19)/t5-,6+,7+,8+,9+,10-,11+/m1/s1. The van der Waals surface area contributed by atoms with Gasteiger partial charge < -0.3 is 5.11 Å². The van der Waals surface area contributed by atoms with Gasteiger partial charge in [-0.1, -0.05) is 12.2 Å². The molecular weight excluding hydrogens is 246 g/mol. The maximum absolute atomic E-state index is 12.5. The molecule has 4 aliphatic carbocycles. The summed E-state index contributed by atoms with van der Waals surface area (Å²) < 4.78 is 0. The first-order valence-corrected chi connectivity index (χ1v) is 6.80. The average Bonchev–Trinajstić information content (AvgIpc) is 3.14. The Kier molecular flexibility index (Phi) is 1.92. The number of allylic oxidation sites excluding steroid dienone is 2.